The zero-order valence-corrected chi connectivity index (χ0v) is 19.3. The maximum atomic E-state index is 13.3. The van der Waals surface area contributed by atoms with E-state index in [1.807, 2.05) is 60.7 Å². The van der Waals surface area contributed by atoms with Crippen LogP contribution in [0, 0.1) is 0 Å². The molecule has 2 fully saturated rings. The largest absolute Gasteiger partial charge is 0.388 e. The van der Waals surface area contributed by atoms with E-state index >= 15 is 0 Å². The molecular weight excluding hydrogens is 462 g/mol. The monoisotopic (exact) mass is 487 g/mol. The third kappa shape index (κ3) is 4.03. The molecule has 3 aliphatic heterocycles. The van der Waals surface area contributed by atoms with Crippen molar-refractivity contribution in [2.75, 3.05) is 6.61 Å². The fraction of sp³-hybridized carbons (Fsp3) is 0.286. The van der Waals surface area contributed by atoms with E-state index in [0.29, 0.717) is 0 Å². The highest BCUT2D eigenvalue weighted by molar-refractivity contribution is 6.21. The summed E-state index contributed by atoms with van der Waals surface area (Å²) in [6, 6.07) is 24.3. The van der Waals surface area contributed by atoms with E-state index in [1.165, 1.54) is 0 Å². The highest BCUT2D eigenvalue weighted by Gasteiger charge is 2.55. The summed E-state index contributed by atoms with van der Waals surface area (Å²) in [4.78, 5) is 27.7. The summed E-state index contributed by atoms with van der Waals surface area (Å²) in [7, 11) is 0. The second-order valence-electron chi connectivity index (χ2n) is 9.02. The number of hydrogen-bond donors (Lipinski definition) is 1. The van der Waals surface area contributed by atoms with Crippen molar-refractivity contribution in [2.45, 2.75) is 43.5 Å². The molecule has 3 aliphatic rings. The number of imide groups is 1. The molecule has 0 aromatic heterocycles. The SMILES string of the molecule is O=C1c2ccccc2C(=O)N1[C@H]1[C@@H](OCc2ccccc2)O[C@@H]2COC(c3ccccc3)O[C@H]2[C@@H]1O. The smallest absolute Gasteiger partial charge is 0.262 e. The minimum absolute atomic E-state index is 0.154. The predicted octanol–water partition coefficient (Wildman–Crippen LogP) is 3.07. The Morgan fingerprint density at radius 3 is 2.11 bits per heavy atom. The van der Waals surface area contributed by atoms with Gasteiger partial charge in [0, 0.05) is 5.56 Å². The van der Waals surface area contributed by atoms with Crippen molar-refractivity contribution in [2.24, 2.45) is 0 Å². The number of carbonyl (C=O) groups is 2. The molecule has 184 valence electrons. The highest BCUT2D eigenvalue weighted by atomic mass is 16.7. The predicted molar refractivity (Wildman–Crippen MR) is 127 cm³/mol. The van der Waals surface area contributed by atoms with Crippen LogP contribution in [-0.2, 0) is 25.6 Å². The van der Waals surface area contributed by atoms with Crippen LogP contribution in [0.5, 0.6) is 0 Å². The van der Waals surface area contributed by atoms with Gasteiger partial charge in [0.1, 0.15) is 24.4 Å². The summed E-state index contributed by atoms with van der Waals surface area (Å²) in [5.74, 6) is -0.997. The van der Waals surface area contributed by atoms with Crippen molar-refractivity contribution in [3.8, 4) is 0 Å². The number of carbonyl (C=O) groups excluding carboxylic acids is 2. The number of rotatable bonds is 5. The normalized spacial score (nSPS) is 29.6. The minimum Gasteiger partial charge on any atom is -0.388 e. The molecule has 0 radical (unpaired) electrons. The molecule has 3 aromatic carbocycles. The Balaban J connectivity index is 1.31. The zero-order chi connectivity index (χ0) is 24.6. The van der Waals surface area contributed by atoms with E-state index in [-0.39, 0.29) is 24.3 Å². The van der Waals surface area contributed by atoms with Crippen molar-refractivity contribution < 1.29 is 33.6 Å². The van der Waals surface area contributed by atoms with Crippen LogP contribution < -0.4 is 0 Å². The molecule has 0 spiro atoms. The van der Waals surface area contributed by atoms with Crippen LogP contribution in [0.25, 0.3) is 0 Å². The van der Waals surface area contributed by atoms with Gasteiger partial charge in [-0.05, 0) is 17.7 Å². The number of benzene rings is 3. The van der Waals surface area contributed by atoms with Gasteiger partial charge in [-0.3, -0.25) is 14.5 Å². The first-order valence-electron chi connectivity index (χ1n) is 11.9. The molecule has 2 saturated heterocycles. The van der Waals surface area contributed by atoms with Gasteiger partial charge in [-0.1, -0.05) is 72.8 Å². The van der Waals surface area contributed by atoms with Crippen LogP contribution >= 0.6 is 0 Å². The molecule has 6 rings (SSSR count). The summed E-state index contributed by atoms with van der Waals surface area (Å²) < 4.78 is 24.3. The van der Waals surface area contributed by atoms with Crippen LogP contribution in [0.4, 0.5) is 0 Å². The van der Waals surface area contributed by atoms with E-state index < -0.39 is 48.7 Å². The molecule has 6 atom stereocenters. The Morgan fingerprint density at radius 1 is 0.833 bits per heavy atom. The van der Waals surface area contributed by atoms with Gasteiger partial charge in [-0.15, -0.1) is 0 Å². The number of ether oxygens (including phenoxy) is 4. The molecular formula is C28H25NO7. The summed E-state index contributed by atoms with van der Waals surface area (Å²) in [6.45, 7) is 0.324. The summed E-state index contributed by atoms with van der Waals surface area (Å²) in [6.07, 6.45) is -4.54. The molecule has 3 aromatic rings. The fourth-order valence-corrected chi connectivity index (χ4v) is 5.00. The third-order valence-electron chi connectivity index (χ3n) is 6.79. The van der Waals surface area contributed by atoms with E-state index in [2.05, 4.69) is 0 Å². The summed E-state index contributed by atoms with van der Waals surface area (Å²) >= 11 is 0. The minimum atomic E-state index is -1.26. The molecule has 0 saturated carbocycles. The Hall–Kier alpha value is -3.40. The van der Waals surface area contributed by atoms with E-state index in [0.717, 1.165) is 16.0 Å². The van der Waals surface area contributed by atoms with Crippen molar-refractivity contribution in [1.82, 2.24) is 4.90 Å². The van der Waals surface area contributed by atoms with Gasteiger partial charge < -0.3 is 24.1 Å². The lowest BCUT2D eigenvalue weighted by Crippen LogP contribution is -2.67. The average Bonchev–Trinajstić information content (AvgIpc) is 3.18. The van der Waals surface area contributed by atoms with E-state index in [4.69, 9.17) is 18.9 Å². The Kier molecular flexibility index (Phi) is 6.12. The van der Waals surface area contributed by atoms with Crippen LogP contribution in [0.1, 0.15) is 38.1 Å². The number of hydrogen-bond acceptors (Lipinski definition) is 7. The summed E-state index contributed by atoms with van der Waals surface area (Å²) in [5, 5.41) is 11.6. The molecule has 8 nitrogen and oxygen atoms in total. The highest BCUT2D eigenvalue weighted by Crippen LogP contribution is 2.38. The van der Waals surface area contributed by atoms with Crippen molar-refractivity contribution in [3.05, 3.63) is 107 Å². The second-order valence-corrected chi connectivity index (χ2v) is 9.02. The Bertz CT molecular complexity index is 1220. The average molecular weight is 488 g/mol. The first kappa shape index (κ1) is 23.0. The number of aliphatic hydroxyl groups excluding tert-OH is 1. The topological polar surface area (TPSA) is 94.5 Å². The first-order chi connectivity index (χ1) is 17.6. The number of aliphatic hydroxyl groups is 1. The third-order valence-corrected chi connectivity index (χ3v) is 6.79. The van der Waals surface area contributed by atoms with E-state index in [1.54, 1.807) is 24.3 Å². The summed E-state index contributed by atoms with van der Waals surface area (Å²) in [5.41, 5.74) is 2.25. The quantitative estimate of drug-likeness (QED) is 0.553. The van der Waals surface area contributed by atoms with Gasteiger partial charge in [0.2, 0.25) is 0 Å². The Labute approximate surface area is 208 Å². The van der Waals surface area contributed by atoms with Gasteiger partial charge in [0.25, 0.3) is 11.8 Å². The second kappa shape index (κ2) is 9.57. The molecule has 0 bridgehead atoms. The molecule has 2 amide bonds. The van der Waals surface area contributed by atoms with Crippen LogP contribution in [-0.4, -0.2) is 59.1 Å². The van der Waals surface area contributed by atoms with Crippen molar-refractivity contribution in [1.29, 1.82) is 0 Å². The van der Waals surface area contributed by atoms with Crippen LogP contribution in [0.2, 0.25) is 0 Å². The van der Waals surface area contributed by atoms with Crippen molar-refractivity contribution in [3.63, 3.8) is 0 Å². The van der Waals surface area contributed by atoms with Gasteiger partial charge in [-0.25, -0.2) is 0 Å². The zero-order valence-electron chi connectivity index (χ0n) is 19.3. The molecule has 8 heteroatoms. The fourth-order valence-electron chi connectivity index (χ4n) is 5.00. The molecule has 1 N–H and O–H groups in total. The van der Waals surface area contributed by atoms with Gasteiger partial charge in [0.05, 0.1) is 24.3 Å². The molecule has 3 heterocycles. The molecule has 1 unspecified atom stereocenters. The lowest BCUT2D eigenvalue weighted by molar-refractivity contribution is -0.350. The Morgan fingerprint density at radius 2 is 1.44 bits per heavy atom. The van der Waals surface area contributed by atoms with E-state index in [9.17, 15) is 14.7 Å². The van der Waals surface area contributed by atoms with Gasteiger partial charge >= 0.3 is 0 Å². The van der Waals surface area contributed by atoms with Crippen LogP contribution in [0.15, 0.2) is 84.9 Å². The standard InChI is InChI=1S/C28H25NO7/c30-23-22(29-25(31)19-13-7-8-14-20(19)26(29)32)28(33-15-17-9-3-1-4-10-17)35-21-16-34-27(36-24(21)23)18-11-5-2-6-12-18/h1-14,21-24,27-28,30H,15-16H2/t21-,22-,23-,24-,27?,28+/m1/s1. The van der Waals surface area contributed by atoms with Crippen LogP contribution in [0.3, 0.4) is 0 Å². The maximum absolute atomic E-state index is 13.3. The van der Waals surface area contributed by atoms with Crippen molar-refractivity contribution >= 4 is 11.8 Å². The molecule has 0 aliphatic carbocycles. The van der Waals surface area contributed by atoms with Gasteiger partial charge in [-0.2, -0.15) is 0 Å². The van der Waals surface area contributed by atoms with Gasteiger partial charge in [0.15, 0.2) is 12.6 Å². The maximum Gasteiger partial charge on any atom is 0.262 e. The first-order valence-corrected chi connectivity index (χ1v) is 11.9. The lowest BCUT2D eigenvalue weighted by Gasteiger charge is -2.49. The lowest BCUT2D eigenvalue weighted by atomic mass is 9.94. The number of nitrogens with zero attached hydrogens (tertiary/aromatic N) is 1. The number of amides is 2. The molecule has 36 heavy (non-hydrogen) atoms. The number of fused-ring (bicyclic) bond motifs is 2.